The minimum absolute atomic E-state index is 0.0199. The molecule has 1 atom stereocenters. The summed E-state index contributed by atoms with van der Waals surface area (Å²) in [5.74, 6) is -0.335. The van der Waals surface area contributed by atoms with Crippen LogP contribution in [0.2, 0.25) is 0 Å². The average Bonchev–Trinajstić information content (AvgIpc) is 3.61. The smallest absolute Gasteiger partial charge is 0.319 e. The van der Waals surface area contributed by atoms with E-state index in [1.807, 2.05) is 24.3 Å². The third-order valence-corrected chi connectivity index (χ3v) is 10.3. The number of nitrogens with one attached hydrogen (secondary N) is 2. The van der Waals surface area contributed by atoms with Crippen LogP contribution in [0.15, 0.2) is 48.5 Å². The summed E-state index contributed by atoms with van der Waals surface area (Å²) in [5, 5.41) is 7.67. The predicted molar refractivity (Wildman–Crippen MR) is 166 cm³/mol. The maximum atomic E-state index is 16.7. The van der Waals surface area contributed by atoms with E-state index in [0.717, 1.165) is 58.0 Å². The fourth-order valence-corrected chi connectivity index (χ4v) is 8.20. The molecule has 4 fully saturated rings. The molecule has 3 aromatic carbocycles. The van der Waals surface area contributed by atoms with Crippen LogP contribution in [-0.2, 0) is 0 Å². The first-order valence-corrected chi connectivity index (χ1v) is 15.8. The standard InChI is InChI=1S/C34H36F2N6O2/c35-26-9-2-7-22-6-1-8-23(27(22)26)24-10-11-25-29(28(24)36)38-32(44-21-34-13-4-18-42(34)19-5-14-34)39-30(25)41-17-3-12-33(20-41)15-16-37-31(43)40-33/h1-2,6-11H,3-5,12-21H2,(H2,37,40,43). The molecule has 4 aromatic rings. The Labute approximate surface area is 254 Å². The molecule has 0 bridgehead atoms. The molecule has 4 saturated heterocycles. The van der Waals surface area contributed by atoms with E-state index in [1.165, 1.54) is 6.07 Å². The van der Waals surface area contributed by atoms with Gasteiger partial charge in [0.15, 0.2) is 5.82 Å². The number of nitrogens with zero attached hydrogens (tertiary/aromatic N) is 4. The van der Waals surface area contributed by atoms with Crippen LogP contribution in [0.3, 0.4) is 0 Å². The molecule has 8 nitrogen and oxygen atoms in total. The summed E-state index contributed by atoms with van der Waals surface area (Å²) in [6.07, 6.45) is 6.95. The van der Waals surface area contributed by atoms with Crippen molar-refractivity contribution in [2.24, 2.45) is 0 Å². The SMILES string of the molecule is O=C1NCCC2(CCCN(c3nc(OCC45CCCN4CCC5)nc4c(F)c(-c5cccc6cccc(F)c56)ccc34)C2)N1. The number of amides is 2. The third kappa shape index (κ3) is 4.53. The zero-order valence-electron chi connectivity index (χ0n) is 24.7. The van der Waals surface area contributed by atoms with Crippen molar-refractivity contribution < 1.29 is 18.3 Å². The molecule has 228 valence electrons. The van der Waals surface area contributed by atoms with Gasteiger partial charge in [-0.05, 0) is 81.1 Å². The van der Waals surface area contributed by atoms with Crippen molar-refractivity contribution in [3.05, 3.63) is 60.2 Å². The number of urea groups is 1. The highest BCUT2D eigenvalue weighted by Gasteiger charge is 2.45. The Balaban J connectivity index is 1.24. The van der Waals surface area contributed by atoms with E-state index < -0.39 is 11.6 Å². The van der Waals surface area contributed by atoms with Gasteiger partial charge in [-0.3, -0.25) is 4.90 Å². The number of hydrogen-bond donors (Lipinski definition) is 2. The highest BCUT2D eigenvalue weighted by atomic mass is 19.1. The van der Waals surface area contributed by atoms with Crippen molar-refractivity contribution >= 4 is 33.5 Å². The fourth-order valence-electron chi connectivity index (χ4n) is 8.20. The molecule has 0 radical (unpaired) electrons. The molecule has 10 heteroatoms. The van der Waals surface area contributed by atoms with E-state index in [2.05, 4.69) is 25.4 Å². The quantitative estimate of drug-likeness (QED) is 0.303. The molecule has 1 spiro atoms. The lowest BCUT2D eigenvalue weighted by Crippen LogP contribution is -2.65. The maximum Gasteiger partial charge on any atom is 0.319 e. The Morgan fingerprint density at radius 1 is 0.886 bits per heavy atom. The zero-order valence-corrected chi connectivity index (χ0v) is 24.7. The first kappa shape index (κ1) is 27.5. The summed E-state index contributed by atoms with van der Waals surface area (Å²) in [6, 6.07) is 13.8. The van der Waals surface area contributed by atoms with E-state index in [0.29, 0.717) is 53.8 Å². The molecular formula is C34H36F2N6O2. The maximum absolute atomic E-state index is 16.7. The number of anilines is 1. The second-order valence-corrected chi connectivity index (χ2v) is 12.9. The third-order valence-electron chi connectivity index (χ3n) is 10.3. The molecule has 44 heavy (non-hydrogen) atoms. The molecular weight excluding hydrogens is 562 g/mol. The molecule has 1 unspecified atom stereocenters. The normalized spacial score (nSPS) is 23.2. The van der Waals surface area contributed by atoms with Crippen LogP contribution in [0.5, 0.6) is 6.01 Å². The summed E-state index contributed by atoms with van der Waals surface area (Å²) in [5.41, 5.74) is 0.500. The topological polar surface area (TPSA) is 82.6 Å². The summed E-state index contributed by atoms with van der Waals surface area (Å²) in [7, 11) is 0. The number of halogens is 2. The van der Waals surface area contributed by atoms with E-state index in [9.17, 15) is 4.79 Å². The van der Waals surface area contributed by atoms with Gasteiger partial charge < -0.3 is 20.3 Å². The first-order chi connectivity index (χ1) is 21.4. The van der Waals surface area contributed by atoms with Crippen LogP contribution in [-0.4, -0.2) is 71.3 Å². The molecule has 1 aromatic heterocycles. The predicted octanol–water partition coefficient (Wildman–Crippen LogP) is 5.78. The second-order valence-electron chi connectivity index (χ2n) is 12.9. The van der Waals surface area contributed by atoms with Crippen molar-refractivity contribution in [2.75, 3.05) is 44.2 Å². The van der Waals surface area contributed by atoms with Gasteiger partial charge in [-0.15, -0.1) is 0 Å². The summed E-state index contributed by atoms with van der Waals surface area (Å²) >= 11 is 0. The van der Waals surface area contributed by atoms with Crippen LogP contribution < -0.4 is 20.3 Å². The van der Waals surface area contributed by atoms with E-state index in [-0.39, 0.29) is 34.2 Å². The Hall–Kier alpha value is -4.05. The summed E-state index contributed by atoms with van der Waals surface area (Å²) in [6.45, 7) is 4.48. The highest BCUT2D eigenvalue weighted by molar-refractivity contribution is 6.00. The number of carbonyl (C=O) groups is 1. The molecule has 0 saturated carbocycles. The van der Waals surface area contributed by atoms with E-state index >= 15 is 8.78 Å². The molecule has 5 heterocycles. The van der Waals surface area contributed by atoms with Gasteiger partial charge in [-0.1, -0.05) is 36.4 Å². The number of ether oxygens (including phenoxy) is 1. The molecule has 2 N–H and O–H groups in total. The highest BCUT2D eigenvalue weighted by Crippen LogP contribution is 2.41. The Bertz CT molecular complexity index is 1760. The molecule has 4 aliphatic rings. The fraction of sp³-hybridized carbons (Fsp3) is 0.441. The van der Waals surface area contributed by atoms with E-state index in [1.54, 1.807) is 18.2 Å². The number of piperidine rings is 1. The Morgan fingerprint density at radius 2 is 1.68 bits per heavy atom. The van der Waals surface area contributed by atoms with Crippen molar-refractivity contribution in [2.45, 2.75) is 56.0 Å². The van der Waals surface area contributed by atoms with Gasteiger partial charge in [0.05, 0.1) is 11.1 Å². The van der Waals surface area contributed by atoms with Crippen LogP contribution in [0, 0.1) is 11.6 Å². The average molecular weight is 599 g/mol. The lowest BCUT2D eigenvalue weighted by molar-refractivity contribution is 0.108. The minimum atomic E-state index is -0.532. The lowest BCUT2D eigenvalue weighted by atomic mass is 9.84. The van der Waals surface area contributed by atoms with Crippen LogP contribution in [0.1, 0.15) is 44.9 Å². The number of rotatable bonds is 5. The lowest BCUT2D eigenvalue weighted by Gasteiger charge is -2.46. The van der Waals surface area contributed by atoms with Gasteiger partial charge in [0.25, 0.3) is 0 Å². The number of fused-ring (bicyclic) bond motifs is 3. The summed E-state index contributed by atoms with van der Waals surface area (Å²) in [4.78, 5) is 26.6. The van der Waals surface area contributed by atoms with Gasteiger partial charge in [0.2, 0.25) is 0 Å². The van der Waals surface area contributed by atoms with Gasteiger partial charge in [0.1, 0.15) is 23.8 Å². The second kappa shape index (κ2) is 10.5. The Kier molecular flexibility index (Phi) is 6.59. The monoisotopic (exact) mass is 598 g/mol. The van der Waals surface area contributed by atoms with Crippen molar-refractivity contribution in [3.8, 4) is 17.1 Å². The number of carbonyl (C=O) groups excluding carboxylic acids is 1. The number of hydrogen-bond acceptors (Lipinski definition) is 6. The minimum Gasteiger partial charge on any atom is -0.461 e. The molecule has 0 aliphatic carbocycles. The van der Waals surface area contributed by atoms with Crippen molar-refractivity contribution in [1.29, 1.82) is 0 Å². The van der Waals surface area contributed by atoms with Gasteiger partial charge in [0, 0.05) is 36.0 Å². The van der Waals surface area contributed by atoms with Gasteiger partial charge in [-0.25, -0.2) is 13.6 Å². The van der Waals surface area contributed by atoms with Crippen LogP contribution in [0.4, 0.5) is 19.4 Å². The van der Waals surface area contributed by atoms with Gasteiger partial charge in [-0.2, -0.15) is 9.97 Å². The van der Waals surface area contributed by atoms with Crippen molar-refractivity contribution in [3.63, 3.8) is 0 Å². The number of aromatic nitrogens is 2. The van der Waals surface area contributed by atoms with Gasteiger partial charge >= 0.3 is 12.0 Å². The largest absolute Gasteiger partial charge is 0.461 e. The number of benzene rings is 3. The molecule has 2 amide bonds. The van der Waals surface area contributed by atoms with E-state index in [4.69, 9.17) is 9.72 Å². The molecule has 8 rings (SSSR count). The van der Waals surface area contributed by atoms with Crippen LogP contribution in [0.25, 0.3) is 32.8 Å². The Morgan fingerprint density at radius 3 is 2.50 bits per heavy atom. The van der Waals surface area contributed by atoms with Crippen molar-refractivity contribution in [1.82, 2.24) is 25.5 Å². The zero-order chi connectivity index (χ0) is 29.9. The first-order valence-electron chi connectivity index (χ1n) is 15.8. The summed E-state index contributed by atoms with van der Waals surface area (Å²) < 4.78 is 38.2. The molecule has 4 aliphatic heterocycles. The van der Waals surface area contributed by atoms with Crippen LogP contribution >= 0.6 is 0 Å².